The van der Waals surface area contributed by atoms with Gasteiger partial charge in [0.25, 0.3) is 5.91 Å². The molecule has 0 bridgehead atoms. The molecule has 0 saturated heterocycles. The Morgan fingerprint density at radius 1 is 1.15 bits per heavy atom. The Morgan fingerprint density at radius 3 is 2.50 bits per heavy atom. The Labute approximate surface area is 118 Å². The van der Waals surface area contributed by atoms with Crippen LogP contribution in [0.3, 0.4) is 0 Å². The topological polar surface area (TPSA) is 47.6 Å². The van der Waals surface area contributed by atoms with Crippen molar-refractivity contribution >= 4 is 16.7 Å². The lowest BCUT2D eigenvalue weighted by atomic mass is 10.1. The Bertz CT molecular complexity index is 595. The Morgan fingerprint density at radius 2 is 1.85 bits per heavy atom. The molecule has 2 aromatic rings. The number of rotatable bonds is 6. The van der Waals surface area contributed by atoms with Crippen LogP contribution in [0.5, 0.6) is 5.75 Å². The summed E-state index contributed by atoms with van der Waals surface area (Å²) in [4.78, 5) is 12.2. The number of hydrogen-bond donors (Lipinski definition) is 1. The molecule has 0 heterocycles. The average molecular weight is 273 g/mol. The molecule has 1 amide bonds. The molecule has 0 aliphatic carbocycles. The van der Waals surface area contributed by atoms with Gasteiger partial charge in [-0.05, 0) is 29.3 Å². The van der Waals surface area contributed by atoms with Gasteiger partial charge in [0.1, 0.15) is 5.75 Å². The summed E-state index contributed by atoms with van der Waals surface area (Å²) >= 11 is 0. The van der Waals surface area contributed by atoms with E-state index in [1.165, 1.54) is 0 Å². The van der Waals surface area contributed by atoms with Crippen LogP contribution in [0.15, 0.2) is 36.4 Å². The third-order valence-electron chi connectivity index (χ3n) is 3.12. The van der Waals surface area contributed by atoms with Crippen molar-refractivity contribution in [1.29, 1.82) is 0 Å². The summed E-state index contributed by atoms with van der Waals surface area (Å²) in [6.07, 6.45) is 0.790. The lowest BCUT2D eigenvalue weighted by Crippen LogP contribution is -2.25. The molecule has 2 aromatic carbocycles. The number of nitrogens with one attached hydrogen (secondary N) is 1. The number of methoxy groups -OCH3 is 2. The molecule has 0 spiro atoms. The van der Waals surface area contributed by atoms with Gasteiger partial charge in [0.05, 0.1) is 12.7 Å². The van der Waals surface area contributed by atoms with Gasteiger partial charge in [-0.1, -0.05) is 24.3 Å². The number of benzene rings is 2. The van der Waals surface area contributed by atoms with Crippen LogP contribution in [0.1, 0.15) is 16.8 Å². The molecule has 106 valence electrons. The second-order valence-electron chi connectivity index (χ2n) is 4.50. The van der Waals surface area contributed by atoms with Crippen molar-refractivity contribution in [3.8, 4) is 5.75 Å². The molecule has 20 heavy (non-hydrogen) atoms. The van der Waals surface area contributed by atoms with Crippen LogP contribution in [0.4, 0.5) is 0 Å². The zero-order chi connectivity index (χ0) is 14.4. The van der Waals surface area contributed by atoms with Crippen molar-refractivity contribution in [3.63, 3.8) is 0 Å². The lowest BCUT2D eigenvalue weighted by molar-refractivity contribution is 0.0946. The Balaban J connectivity index is 2.21. The molecule has 0 radical (unpaired) electrons. The zero-order valence-corrected chi connectivity index (χ0v) is 11.8. The second kappa shape index (κ2) is 6.91. The standard InChI is InChI=1S/C16H19NO3/c1-19-9-5-8-17-16(18)14-10-12-6-3-4-7-13(12)11-15(14)20-2/h3-4,6-7,10-11H,5,8-9H2,1-2H3,(H,17,18). The monoisotopic (exact) mass is 273 g/mol. The number of carbonyl (C=O) groups is 1. The highest BCUT2D eigenvalue weighted by Gasteiger charge is 2.12. The van der Waals surface area contributed by atoms with Gasteiger partial charge in [0, 0.05) is 20.3 Å². The van der Waals surface area contributed by atoms with Gasteiger partial charge < -0.3 is 14.8 Å². The molecular weight excluding hydrogens is 254 g/mol. The first kappa shape index (κ1) is 14.3. The maximum absolute atomic E-state index is 12.2. The number of ether oxygens (including phenoxy) is 2. The van der Waals surface area contributed by atoms with E-state index in [-0.39, 0.29) is 5.91 Å². The van der Waals surface area contributed by atoms with Crippen molar-refractivity contribution in [3.05, 3.63) is 42.0 Å². The molecule has 0 aromatic heterocycles. The van der Waals surface area contributed by atoms with Gasteiger partial charge >= 0.3 is 0 Å². The van der Waals surface area contributed by atoms with Gasteiger partial charge in [-0.3, -0.25) is 4.79 Å². The van der Waals surface area contributed by atoms with E-state index in [1.54, 1.807) is 14.2 Å². The number of carbonyl (C=O) groups excluding carboxylic acids is 1. The van der Waals surface area contributed by atoms with Gasteiger partial charge in [-0.15, -0.1) is 0 Å². The van der Waals surface area contributed by atoms with E-state index in [0.717, 1.165) is 17.2 Å². The number of hydrogen-bond acceptors (Lipinski definition) is 3. The molecule has 2 rings (SSSR count). The van der Waals surface area contributed by atoms with Crippen LogP contribution in [0, 0.1) is 0 Å². The lowest BCUT2D eigenvalue weighted by Gasteiger charge is -2.11. The minimum absolute atomic E-state index is 0.122. The summed E-state index contributed by atoms with van der Waals surface area (Å²) in [5.41, 5.74) is 0.559. The van der Waals surface area contributed by atoms with Crippen molar-refractivity contribution in [2.24, 2.45) is 0 Å². The van der Waals surface area contributed by atoms with Crippen LogP contribution in [0.2, 0.25) is 0 Å². The Kier molecular flexibility index (Phi) is 4.96. The van der Waals surface area contributed by atoms with Gasteiger partial charge in [0.2, 0.25) is 0 Å². The summed E-state index contributed by atoms with van der Waals surface area (Å²) in [5.74, 6) is 0.469. The Hall–Kier alpha value is -2.07. The third-order valence-corrected chi connectivity index (χ3v) is 3.12. The molecule has 0 aliphatic rings. The highest BCUT2D eigenvalue weighted by molar-refractivity contribution is 6.01. The summed E-state index contributed by atoms with van der Waals surface area (Å²) in [6.45, 7) is 1.22. The number of fused-ring (bicyclic) bond motifs is 1. The summed E-state index contributed by atoms with van der Waals surface area (Å²) < 4.78 is 10.3. The largest absolute Gasteiger partial charge is 0.496 e. The molecule has 0 aliphatic heterocycles. The molecule has 0 saturated carbocycles. The molecular formula is C16H19NO3. The van der Waals surface area contributed by atoms with E-state index in [0.29, 0.717) is 24.5 Å². The van der Waals surface area contributed by atoms with Crippen LogP contribution in [0.25, 0.3) is 10.8 Å². The third kappa shape index (κ3) is 3.27. The first-order valence-corrected chi connectivity index (χ1v) is 6.60. The predicted molar refractivity (Wildman–Crippen MR) is 79.3 cm³/mol. The van der Waals surface area contributed by atoms with Gasteiger partial charge in [-0.2, -0.15) is 0 Å². The first-order chi connectivity index (χ1) is 9.76. The van der Waals surface area contributed by atoms with E-state index in [9.17, 15) is 4.79 Å². The fraction of sp³-hybridized carbons (Fsp3) is 0.312. The van der Waals surface area contributed by atoms with Crippen LogP contribution in [-0.4, -0.2) is 33.3 Å². The predicted octanol–water partition coefficient (Wildman–Crippen LogP) is 2.61. The summed E-state index contributed by atoms with van der Waals surface area (Å²) in [7, 11) is 3.22. The van der Waals surface area contributed by atoms with E-state index >= 15 is 0 Å². The van der Waals surface area contributed by atoms with E-state index < -0.39 is 0 Å². The molecule has 4 heteroatoms. The molecule has 0 fully saturated rings. The van der Waals surface area contributed by atoms with Crippen molar-refractivity contribution in [2.45, 2.75) is 6.42 Å². The SMILES string of the molecule is COCCCNC(=O)c1cc2ccccc2cc1OC. The fourth-order valence-electron chi connectivity index (χ4n) is 2.08. The quantitative estimate of drug-likeness (QED) is 0.823. The van der Waals surface area contributed by atoms with Gasteiger partial charge in [-0.25, -0.2) is 0 Å². The maximum atomic E-state index is 12.2. The van der Waals surface area contributed by atoms with E-state index in [1.807, 2.05) is 36.4 Å². The van der Waals surface area contributed by atoms with Crippen LogP contribution < -0.4 is 10.1 Å². The first-order valence-electron chi connectivity index (χ1n) is 6.60. The normalized spacial score (nSPS) is 10.5. The molecule has 0 unspecified atom stereocenters. The molecule has 4 nitrogen and oxygen atoms in total. The molecule has 0 atom stereocenters. The number of amides is 1. The van der Waals surface area contributed by atoms with Gasteiger partial charge in [0.15, 0.2) is 0 Å². The maximum Gasteiger partial charge on any atom is 0.255 e. The van der Waals surface area contributed by atoms with Crippen LogP contribution in [-0.2, 0) is 4.74 Å². The highest BCUT2D eigenvalue weighted by Crippen LogP contribution is 2.25. The average Bonchev–Trinajstić information content (AvgIpc) is 2.50. The van der Waals surface area contributed by atoms with Crippen molar-refractivity contribution < 1.29 is 14.3 Å². The molecule has 1 N–H and O–H groups in total. The van der Waals surface area contributed by atoms with E-state index in [4.69, 9.17) is 9.47 Å². The summed E-state index contributed by atoms with van der Waals surface area (Å²) in [5, 5.41) is 4.95. The minimum Gasteiger partial charge on any atom is -0.496 e. The summed E-state index contributed by atoms with van der Waals surface area (Å²) in [6, 6.07) is 11.6. The smallest absolute Gasteiger partial charge is 0.255 e. The van der Waals surface area contributed by atoms with Crippen molar-refractivity contribution in [1.82, 2.24) is 5.32 Å². The fourth-order valence-corrected chi connectivity index (χ4v) is 2.08. The van der Waals surface area contributed by atoms with E-state index in [2.05, 4.69) is 5.32 Å². The highest BCUT2D eigenvalue weighted by atomic mass is 16.5. The zero-order valence-electron chi connectivity index (χ0n) is 11.8. The van der Waals surface area contributed by atoms with Crippen molar-refractivity contribution in [2.75, 3.05) is 27.4 Å². The van der Waals surface area contributed by atoms with Crippen LogP contribution >= 0.6 is 0 Å². The minimum atomic E-state index is -0.122. The second-order valence-corrected chi connectivity index (χ2v) is 4.50.